The molecular formula is C11H10N6O3S2. The predicted octanol–water partition coefficient (Wildman–Crippen LogP) is 0.945. The summed E-state index contributed by atoms with van der Waals surface area (Å²) in [6.45, 7) is 1.30. The van der Waals surface area contributed by atoms with Crippen molar-refractivity contribution in [2.45, 2.75) is 11.3 Å². The third kappa shape index (κ3) is 2.89. The van der Waals surface area contributed by atoms with Crippen LogP contribution >= 0.6 is 11.3 Å². The maximum Gasteiger partial charge on any atom is 0.291 e. The van der Waals surface area contributed by atoms with E-state index in [-0.39, 0.29) is 15.4 Å². The number of aromatic nitrogens is 4. The maximum absolute atomic E-state index is 12.2. The van der Waals surface area contributed by atoms with Gasteiger partial charge < -0.3 is 9.72 Å². The van der Waals surface area contributed by atoms with Gasteiger partial charge in [-0.3, -0.25) is 9.52 Å². The van der Waals surface area contributed by atoms with Crippen LogP contribution in [0.1, 0.15) is 6.92 Å². The van der Waals surface area contributed by atoms with Gasteiger partial charge in [-0.25, -0.2) is 4.98 Å². The molecule has 3 heterocycles. The molecule has 11 heteroatoms. The van der Waals surface area contributed by atoms with Gasteiger partial charge in [0.15, 0.2) is 0 Å². The van der Waals surface area contributed by atoms with Crippen LogP contribution in [0.25, 0.3) is 5.65 Å². The number of imidazole rings is 1. The van der Waals surface area contributed by atoms with E-state index >= 15 is 0 Å². The fourth-order valence-electron chi connectivity index (χ4n) is 1.70. The van der Waals surface area contributed by atoms with Crippen LogP contribution in [-0.2, 0) is 14.8 Å². The molecule has 0 aliphatic carbocycles. The molecule has 3 aromatic rings. The number of hydrogen-bond acceptors (Lipinski definition) is 7. The van der Waals surface area contributed by atoms with Gasteiger partial charge in [-0.1, -0.05) is 11.3 Å². The number of carbonyl (C=O) groups excluding carboxylic acids is 1. The second kappa shape index (κ2) is 5.35. The fraction of sp³-hybridized carbons (Fsp3) is 0.0909. The highest BCUT2D eigenvalue weighted by Gasteiger charge is 2.21. The zero-order valence-electron chi connectivity index (χ0n) is 11.2. The number of sulfonamides is 1. The van der Waals surface area contributed by atoms with Crippen LogP contribution in [0.15, 0.2) is 35.1 Å². The average molecular weight is 338 g/mol. The molecule has 0 aliphatic heterocycles. The first kappa shape index (κ1) is 14.4. The van der Waals surface area contributed by atoms with Gasteiger partial charge in [0.1, 0.15) is 5.65 Å². The molecule has 0 fully saturated rings. The summed E-state index contributed by atoms with van der Waals surface area (Å²) in [4.78, 5) is 15.0. The lowest BCUT2D eigenvalue weighted by atomic mass is 10.4. The third-order valence-corrected chi connectivity index (χ3v) is 5.15. The molecule has 1 amide bonds. The van der Waals surface area contributed by atoms with Crippen LogP contribution < -0.4 is 10.0 Å². The van der Waals surface area contributed by atoms with E-state index in [1.807, 2.05) is 0 Å². The molecule has 0 radical (unpaired) electrons. The van der Waals surface area contributed by atoms with Gasteiger partial charge in [0, 0.05) is 25.5 Å². The van der Waals surface area contributed by atoms with Crippen LogP contribution in [0.5, 0.6) is 0 Å². The van der Waals surface area contributed by atoms with Crippen molar-refractivity contribution in [3.8, 4) is 0 Å². The Morgan fingerprint density at radius 2 is 2.14 bits per heavy atom. The van der Waals surface area contributed by atoms with Gasteiger partial charge in [0.05, 0.1) is 5.69 Å². The van der Waals surface area contributed by atoms with Crippen LogP contribution in [0, 0.1) is 0 Å². The molecule has 9 nitrogen and oxygen atoms in total. The smallest absolute Gasteiger partial charge is 0.291 e. The zero-order chi connectivity index (χ0) is 15.7. The molecule has 0 aromatic carbocycles. The fourth-order valence-corrected chi connectivity index (χ4v) is 3.69. The van der Waals surface area contributed by atoms with Gasteiger partial charge in [-0.15, -0.1) is 10.2 Å². The summed E-state index contributed by atoms with van der Waals surface area (Å²) in [7, 11) is -3.87. The van der Waals surface area contributed by atoms with Crippen LogP contribution in [-0.4, -0.2) is 33.9 Å². The first-order valence-corrected chi connectivity index (χ1v) is 8.31. The van der Waals surface area contributed by atoms with E-state index in [0.29, 0.717) is 11.3 Å². The highest BCUT2D eigenvalue weighted by molar-refractivity contribution is 7.94. The van der Waals surface area contributed by atoms with Gasteiger partial charge in [0.25, 0.3) is 14.4 Å². The molecular weight excluding hydrogens is 328 g/mol. The van der Waals surface area contributed by atoms with Crippen molar-refractivity contribution in [3.05, 3.63) is 30.7 Å². The maximum atomic E-state index is 12.2. The van der Waals surface area contributed by atoms with E-state index in [2.05, 4.69) is 25.2 Å². The molecule has 0 saturated heterocycles. The van der Waals surface area contributed by atoms with Crippen molar-refractivity contribution in [1.82, 2.24) is 19.6 Å². The number of anilines is 2. The minimum Gasteiger partial charge on any atom is -0.305 e. The molecule has 0 bridgehead atoms. The average Bonchev–Trinajstić information content (AvgIpc) is 3.06. The van der Waals surface area contributed by atoms with E-state index in [0.717, 1.165) is 11.3 Å². The molecule has 22 heavy (non-hydrogen) atoms. The summed E-state index contributed by atoms with van der Waals surface area (Å²) in [6.07, 6.45) is 4.90. The Morgan fingerprint density at radius 3 is 2.91 bits per heavy atom. The molecule has 0 saturated carbocycles. The molecule has 3 rings (SSSR count). The number of amides is 1. The summed E-state index contributed by atoms with van der Waals surface area (Å²) < 4.78 is 28.3. The Morgan fingerprint density at radius 1 is 1.32 bits per heavy atom. The molecule has 0 aliphatic rings. The van der Waals surface area contributed by atoms with Crippen molar-refractivity contribution >= 4 is 43.7 Å². The number of nitrogens with zero attached hydrogens (tertiary/aromatic N) is 4. The van der Waals surface area contributed by atoms with Crippen LogP contribution in [0.4, 0.5) is 10.8 Å². The summed E-state index contributed by atoms with van der Waals surface area (Å²) in [5, 5.41) is 9.69. The highest BCUT2D eigenvalue weighted by atomic mass is 32.2. The first-order valence-electron chi connectivity index (χ1n) is 6.01. The molecule has 114 valence electrons. The van der Waals surface area contributed by atoms with Crippen molar-refractivity contribution in [2.75, 3.05) is 10.0 Å². The number of hydrogen-bond donors (Lipinski definition) is 2. The predicted molar refractivity (Wildman–Crippen MR) is 80.2 cm³/mol. The molecule has 0 atom stereocenters. The molecule has 0 spiro atoms. The summed E-state index contributed by atoms with van der Waals surface area (Å²) in [6, 6.07) is 3.27. The Balaban J connectivity index is 1.86. The second-order valence-corrected chi connectivity index (χ2v) is 7.10. The lowest BCUT2D eigenvalue weighted by molar-refractivity contribution is -0.114. The standard InChI is InChI=1S/C11H10N6O3S2/c1-7(18)13-10-14-15-11(21-10)22(19,20)16-8-2-3-9-12-4-5-17(9)6-8/h2-6,16H,1H3,(H,13,14,18). The van der Waals surface area contributed by atoms with Crippen molar-refractivity contribution in [1.29, 1.82) is 0 Å². The SMILES string of the molecule is CC(=O)Nc1nnc(S(=O)(=O)Nc2ccc3nccn3c2)s1. The monoisotopic (exact) mass is 338 g/mol. The zero-order valence-corrected chi connectivity index (χ0v) is 12.8. The Hall–Kier alpha value is -2.53. The Kier molecular flexibility index (Phi) is 3.50. The minimum atomic E-state index is -3.87. The lowest BCUT2D eigenvalue weighted by Gasteiger charge is -2.05. The van der Waals surface area contributed by atoms with E-state index in [4.69, 9.17) is 0 Å². The van der Waals surface area contributed by atoms with Crippen molar-refractivity contribution in [3.63, 3.8) is 0 Å². The Bertz CT molecular complexity index is 946. The minimum absolute atomic E-state index is 0.123. The van der Waals surface area contributed by atoms with Gasteiger partial charge in [-0.2, -0.15) is 8.42 Å². The number of rotatable bonds is 4. The summed E-state index contributed by atoms with van der Waals surface area (Å²) >= 11 is 0.769. The lowest BCUT2D eigenvalue weighted by Crippen LogP contribution is -2.13. The second-order valence-electron chi connectivity index (χ2n) is 4.27. The summed E-state index contributed by atoms with van der Waals surface area (Å²) in [5.41, 5.74) is 1.06. The molecule has 2 N–H and O–H groups in total. The van der Waals surface area contributed by atoms with E-state index in [1.54, 1.807) is 35.1 Å². The normalized spacial score (nSPS) is 11.5. The first-order chi connectivity index (χ1) is 10.4. The van der Waals surface area contributed by atoms with E-state index < -0.39 is 10.0 Å². The number of pyridine rings is 1. The van der Waals surface area contributed by atoms with Crippen molar-refractivity contribution in [2.24, 2.45) is 0 Å². The van der Waals surface area contributed by atoms with Gasteiger partial charge >= 0.3 is 0 Å². The van der Waals surface area contributed by atoms with Crippen LogP contribution in [0.3, 0.4) is 0 Å². The topological polar surface area (TPSA) is 118 Å². The number of fused-ring (bicyclic) bond motifs is 1. The number of carbonyl (C=O) groups is 1. The van der Waals surface area contributed by atoms with Gasteiger partial charge in [-0.05, 0) is 12.1 Å². The quantitative estimate of drug-likeness (QED) is 0.684. The van der Waals surface area contributed by atoms with Crippen molar-refractivity contribution < 1.29 is 13.2 Å². The van der Waals surface area contributed by atoms with E-state index in [9.17, 15) is 13.2 Å². The highest BCUT2D eigenvalue weighted by Crippen LogP contribution is 2.22. The summed E-state index contributed by atoms with van der Waals surface area (Å²) in [5.74, 6) is -0.349. The third-order valence-electron chi connectivity index (χ3n) is 2.56. The van der Waals surface area contributed by atoms with E-state index in [1.165, 1.54) is 6.92 Å². The Labute approximate surface area is 129 Å². The largest absolute Gasteiger partial charge is 0.305 e. The van der Waals surface area contributed by atoms with Gasteiger partial charge in [0.2, 0.25) is 11.0 Å². The molecule has 0 unspecified atom stereocenters. The molecule has 3 aromatic heterocycles. The van der Waals surface area contributed by atoms with Crippen LogP contribution in [0.2, 0.25) is 0 Å². The number of nitrogens with one attached hydrogen (secondary N) is 2.